The minimum absolute atomic E-state index is 0.274. The fourth-order valence-corrected chi connectivity index (χ4v) is 4.32. The van der Waals surface area contributed by atoms with Crippen LogP contribution in [0.1, 0.15) is 46.5 Å². The van der Waals surface area contributed by atoms with Gasteiger partial charge in [0, 0.05) is 31.2 Å². The smallest absolute Gasteiger partial charge is 0.0337 e. The van der Waals surface area contributed by atoms with Crippen LogP contribution in [0.15, 0.2) is 0 Å². The summed E-state index contributed by atoms with van der Waals surface area (Å²) >= 11 is 0. The van der Waals surface area contributed by atoms with Gasteiger partial charge in [-0.2, -0.15) is 0 Å². The van der Waals surface area contributed by atoms with E-state index >= 15 is 0 Å². The Hall–Kier alpha value is -0.120. The van der Waals surface area contributed by atoms with Crippen LogP contribution < -0.4 is 5.73 Å². The summed E-state index contributed by atoms with van der Waals surface area (Å²) in [6.45, 7) is 11.7. The maximum absolute atomic E-state index is 6.27. The van der Waals surface area contributed by atoms with Crippen LogP contribution >= 0.6 is 0 Å². The lowest BCUT2D eigenvalue weighted by atomic mass is 9.70. The van der Waals surface area contributed by atoms with Crippen LogP contribution in [0.2, 0.25) is 0 Å². The van der Waals surface area contributed by atoms with E-state index in [1.54, 1.807) is 0 Å². The Kier molecular flexibility index (Phi) is 4.91. The van der Waals surface area contributed by atoms with Gasteiger partial charge in [0.1, 0.15) is 0 Å². The molecule has 0 amide bonds. The average molecular weight is 267 g/mol. The standard InChI is InChI=1S/C16H33N3/c1-13-6-7-16(12-17,10-14(13)2)19-9-5-8-18(4)11-15(19)3/h13-15H,5-12,17H2,1-4H3. The summed E-state index contributed by atoms with van der Waals surface area (Å²) in [5.74, 6) is 1.68. The maximum Gasteiger partial charge on any atom is 0.0337 e. The van der Waals surface area contributed by atoms with E-state index in [1.165, 1.54) is 45.3 Å². The first kappa shape index (κ1) is 15.3. The van der Waals surface area contributed by atoms with Crippen LogP contribution in [-0.2, 0) is 0 Å². The van der Waals surface area contributed by atoms with Crippen LogP contribution in [0.25, 0.3) is 0 Å². The van der Waals surface area contributed by atoms with Crippen LogP contribution in [0.5, 0.6) is 0 Å². The van der Waals surface area contributed by atoms with Crippen LogP contribution in [0, 0.1) is 11.8 Å². The third kappa shape index (κ3) is 3.14. The van der Waals surface area contributed by atoms with Crippen molar-refractivity contribution in [3.63, 3.8) is 0 Å². The fraction of sp³-hybridized carbons (Fsp3) is 1.00. The Labute approximate surface area is 119 Å². The first-order valence-corrected chi connectivity index (χ1v) is 8.14. The van der Waals surface area contributed by atoms with Gasteiger partial charge < -0.3 is 10.6 Å². The van der Waals surface area contributed by atoms with E-state index in [2.05, 4.69) is 37.6 Å². The summed E-state index contributed by atoms with van der Waals surface area (Å²) in [4.78, 5) is 5.24. The average Bonchev–Trinajstić information content (AvgIpc) is 2.54. The summed E-state index contributed by atoms with van der Waals surface area (Å²) in [6.07, 6.45) is 5.21. The lowest BCUT2D eigenvalue weighted by molar-refractivity contribution is -0.00244. The lowest BCUT2D eigenvalue weighted by Crippen LogP contribution is -2.60. The highest BCUT2D eigenvalue weighted by molar-refractivity contribution is 5.00. The topological polar surface area (TPSA) is 32.5 Å². The number of hydrogen-bond acceptors (Lipinski definition) is 3. The van der Waals surface area contributed by atoms with Gasteiger partial charge in [0.25, 0.3) is 0 Å². The molecule has 0 aromatic heterocycles. The van der Waals surface area contributed by atoms with E-state index in [1.807, 2.05) is 0 Å². The SMILES string of the molecule is CC1CCC(CN)(N2CCCN(C)CC2C)CC1C. The number of nitrogens with zero attached hydrogens (tertiary/aromatic N) is 2. The predicted octanol–water partition coefficient (Wildman–Crippen LogP) is 2.17. The molecule has 4 unspecified atom stereocenters. The quantitative estimate of drug-likeness (QED) is 0.832. The molecule has 1 aliphatic carbocycles. The maximum atomic E-state index is 6.27. The van der Waals surface area contributed by atoms with Gasteiger partial charge in [-0.25, -0.2) is 0 Å². The van der Waals surface area contributed by atoms with Gasteiger partial charge in [0.05, 0.1) is 0 Å². The fourth-order valence-electron chi connectivity index (χ4n) is 4.32. The molecule has 0 spiro atoms. The van der Waals surface area contributed by atoms with E-state index in [9.17, 15) is 0 Å². The van der Waals surface area contributed by atoms with Gasteiger partial charge >= 0.3 is 0 Å². The Bertz CT molecular complexity index is 294. The highest BCUT2D eigenvalue weighted by Crippen LogP contribution is 2.40. The van der Waals surface area contributed by atoms with Crippen molar-refractivity contribution in [3.05, 3.63) is 0 Å². The number of nitrogens with two attached hydrogens (primary N) is 1. The summed E-state index contributed by atoms with van der Waals surface area (Å²) < 4.78 is 0. The predicted molar refractivity (Wildman–Crippen MR) is 82.2 cm³/mol. The number of likely N-dealkylation sites (N-methyl/N-ethyl adjacent to an activating group) is 1. The van der Waals surface area contributed by atoms with Crippen LogP contribution in [0.3, 0.4) is 0 Å². The van der Waals surface area contributed by atoms with E-state index in [4.69, 9.17) is 5.73 Å². The summed E-state index contributed by atoms with van der Waals surface area (Å²) in [5, 5.41) is 0. The van der Waals surface area contributed by atoms with Crippen molar-refractivity contribution in [1.29, 1.82) is 0 Å². The summed E-state index contributed by atoms with van der Waals surface area (Å²) in [5.41, 5.74) is 6.54. The second-order valence-corrected chi connectivity index (χ2v) is 7.28. The van der Waals surface area contributed by atoms with Crippen molar-refractivity contribution in [2.24, 2.45) is 17.6 Å². The molecule has 3 nitrogen and oxygen atoms in total. The van der Waals surface area contributed by atoms with Crippen molar-refractivity contribution in [3.8, 4) is 0 Å². The highest BCUT2D eigenvalue weighted by Gasteiger charge is 2.43. The molecular weight excluding hydrogens is 234 g/mol. The van der Waals surface area contributed by atoms with Gasteiger partial charge in [-0.15, -0.1) is 0 Å². The van der Waals surface area contributed by atoms with Gasteiger partial charge in [0.2, 0.25) is 0 Å². The number of hydrogen-bond donors (Lipinski definition) is 1. The largest absolute Gasteiger partial charge is 0.329 e. The highest BCUT2D eigenvalue weighted by atomic mass is 15.3. The molecule has 1 heterocycles. The molecule has 0 aromatic rings. The first-order chi connectivity index (χ1) is 8.98. The molecule has 1 saturated heterocycles. The molecular formula is C16H33N3. The number of rotatable bonds is 2. The van der Waals surface area contributed by atoms with Gasteiger partial charge in [-0.3, -0.25) is 4.90 Å². The molecule has 1 saturated carbocycles. The Morgan fingerprint density at radius 2 is 1.89 bits per heavy atom. The van der Waals surface area contributed by atoms with Gasteiger partial charge in [-0.1, -0.05) is 13.8 Å². The molecule has 0 bridgehead atoms. The molecule has 0 radical (unpaired) electrons. The molecule has 3 heteroatoms. The zero-order chi connectivity index (χ0) is 14.0. The van der Waals surface area contributed by atoms with Crippen molar-refractivity contribution < 1.29 is 0 Å². The molecule has 2 aliphatic rings. The zero-order valence-corrected chi connectivity index (χ0v) is 13.4. The molecule has 2 N–H and O–H groups in total. The second kappa shape index (κ2) is 6.11. The molecule has 2 rings (SSSR count). The van der Waals surface area contributed by atoms with Crippen molar-refractivity contribution in [2.45, 2.75) is 58.0 Å². The minimum atomic E-state index is 0.274. The molecule has 19 heavy (non-hydrogen) atoms. The van der Waals surface area contributed by atoms with Crippen molar-refractivity contribution >= 4 is 0 Å². The Balaban J connectivity index is 2.15. The minimum Gasteiger partial charge on any atom is -0.329 e. The molecule has 2 fully saturated rings. The Morgan fingerprint density at radius 3 is 2.53 bits per heavy atom. The summed E-state index contributed by atoms with van der Waals surface area (Å²) in [6, 6.07) is 0.636. The van der Waals surface area contributed by atoms with Crippen LogP contribution in [0.4, 0.5) is 0 Å². The lowest BCUT2D eigenvalue weighted by Gasteiger charge is -2.51. The monoisotopic (exact) mass is 267 g/mol. The summed E-state index contributed by atoms with van der Waals surface area (Å²) in [7, 11) is 2.25. The van der Waals surface area contributed by atoms with E-state index in [0.29, 0.717) is 6.04 Å². The Morgan fingerprint density at radius 1 is 1.16 bits per heavy atom. The third-order valence-corrected chi connectivity index (χ3v) is 5.77. The van der Waals surface area contributed by atoms with E-state index in [-0.39, 0.29) is 5.54 Å². The van der Waals surface area contributed by atoms with Gasteiger partial charge in [0.15, 0.2) is 0 Å². The van der Waals surface area contributed by atoms with Crippen molar-refractivity contribution in [1.82, 2.24) is 9.80 Å². The third-order valence-electron chi connectivity index (χ3n) is 5.77. The molecule has 0 aromatic carbocycles. The molecule has 4 atom stereocenters. The first-order valence-electron chi connectivity index (χ1n) is 8.14. The molecule has 112 valence electrons. The van der Waals surface area contributed by atoms with Gasteiger partial charge in [-0.05, 0) is 58.0 Å². The van der Waals surface area contributed by atoms with Crippen molar-refractivity contribution in [2.75, 3.05) is 33.2 Å². The second-order valence-electron chi connectivity index (χ2n) is 7.28. The zero-order valence-electron chi connectivity index (χ0n) is 13.4. The van der Waals surface area contributed by atoms with E-state index in [0.717, 1.165) is 18.4 Å². The molecule has 1 aliphatic heterocycles. The van der Waals surface area contributed by atoms with Crippen LogP contribution in [-0.4, -0.2) is 54.6 Å². The van der Waals surface area contributed by atoms with E-state index < -0.39 is 0 Å². The normalized spacial score (nSPS) is 43.1.